The lowest BCUT2D eigenvalue weighted by molar-refractivity contribution is -0.121. The van der Waals surface area contributed by atoms with Crippen LogP contribution in [0.25, 0.3) is 11.0 Å². The van der Waals surface area contributed by atoms with Crippen molar-refractivity contribution in [2.45, 2.75) is 51.1 Å². The molecule has 8 heteroatoms. The minimum Gasteiger partial charge on any atom is -0.350 e. The van der Waals surface area contributed by atoms with Gasteiger partial charge in [0, 0.05) is 33.5 Å². The molecule has 1 aromatic heterocycles. The minimum absolute atomic E-state index is 0.0404. The molecule has 7 nitrogen and oxygen atoms in total. The third-order valence-electron chi connectivity index (χ3n) is 5.50. The van der Waals surface area contributed by atoms with Crippen molar-refractivity contribution >= 4 is 27.0 Å². The molecule has 0 saturated carbocycles. The third-order valence-corrected chi connectivity index (χ3v) is 7.31. The van der Waals surface area contributed by atoms with E-state index in [2.05, 4.69) is 10.3 Å². The van der Waals surface area contributed by atoms with E-state index in [4.69, 9.17) is 0 Å². The van der Waals surface area contributed by atoms with Gasteiger partial charge in [-0.25, -0.2) is 17.7 Å². The monoisotopic (exact) mass is 442 g/mol. The molecule has 31 heavy (non-hydrogen) atoms. The van der Waals surface area contributed by atoms with E-state index in [1.165, 1.54) is 18.4 Å². The molecule has 1 N–H and O–H groups in total. The van der Waals surface area contributed by atoms with Crippen molar-refractivity contribution in [3.8, 4) is 0 Å². The van der Waals surface area contributed by atoms with Gasteiger partial charge in [-0.1, -0.05) is 24.3 Å². The lowest BCUT2D eigenvalue weighted by atomic mass is 10.0. The van der Waals surface area contributed by atoms with E-state index in [9.17, 15) is 13.2 Å². The second-order valence-corrected chi connectivity index (χ2v) is 10.0. The minimum atomic E-state index is -3.53. The van der Waals surface area contributed by atoms with Gasteiger partial charge in [0.15, 0.2) is 0 Å². The van der Waals surface area contributed by atoms with Crippen molar-refractivity contribution in [3.05, 3.63) is 59.4 Å². The van der Waals surface area contributed by atoms with E-state index >= 15 is 0 Å². The molecule has 0 radical (unpaired) electrons. The molecule has 0 bridgehead atoms. The van der Waals surface area contributed by atoms with Crippen LogP contribution in [0.4, 0.5) is 0 Å². The summed E-state index contributed by atoms with van der Waals surface area (Å²) in [6.07, 6.45) is 0.785. The molecule has 0 aliphatic carbocycles. The fourth-order valence-electron chi connectivity index (χ4n) is 3.76. The molecule has 1 atom stereocenters. The Morgan fingerprint density at radius 3 is 2.55 bits per heavy atom. The number of carbonyl (C=O) groups excluding carboxylic acids is 1. The molecule has 3 aromatic rings. The fraction of sp³-hybridized carbons (Fsp3) is 0.391. The number of nitrogens with one attached hydrogen (secondary N) is 1. The van der Waals surface area contributed by atoms with Gasteiger partial charge in [-0.3, -0.25) is 4.79 Å². The van der Waals surface area contributed by atoms with E-state index in [-0.39, 0.29) is 16.8 Å². The van der Waals surface area contributed by atoms with Gasteiger partial charge in [-0.15, -0.1) is 0 Å². The van der Waals surface area contributed by atoms with Gasteiger partial charge in [0.25, 0.3) is 0 Å². The van der Waals surface area contributed by atoms with Crippen LogP contribution in [0, 0.1) is 6.92 Å². The molecule has 1 heterocycles. The second kappa shape index (κ2) is 9.20. The predicted molar refractivity (Wildman–Crippen MR) is 122 cm³/mol. The Labute approximate surface area is 184 Å². The zero-order valence-electron chi connectivity index (χ0n) is 18.7. The lowest BCUT2D eigenvalue weighted by Gasteiger charge is -2.16. The normalized spacial score (nSPS) is 13.0. The van der Waals surface area contributed by atoms with Crippen molar-refractivity contribution in [1.82, 2.24) is 19.2 Å². The van der Waals surface area contributed by atoms with Gasteiger partial charge in [-0.05, 0) is 50.1 Å². The maximum absolute atomic E-state index is 12.6. The lowest BCUT2D eigenvalue weighted by Crippen LogP contribution is -2.27. The number of aryl methyl sites for hydroxylation is 3. The number of imidazole rings is 1. The Balaban J connectivity index is 1.76. The highest BCUT2D eigenvalue weighted by Gasteiger charge is 2.20. The highest BCUT2D eigenvalue weighted by atomic mass is 32.2. The van der Waals surface area contributed by atoms with E-state index in [0.29, 0.717) is 24.9 Å². The summed E-state index contributed by atoms with van der Waals surface area (Å²) in [4.78, 5) is 17.4. The summed E-state index contributed by atoms with van der Waals surface area (Å²) in [6, 6.07) is 12.9. The Kier molecular flexibility index (Phi) is 6.81. The number of hydrogen-bond donors (Lipinski definition) is 1. The van der Waals surface area contributed by atoms with Gasteiger partial charge in [-0.2, -0.15) is 0 Å². The highest BCUT2D eigenvalue weighted by Crippen LogP contribution is 2.23. The van der Waals surface area contributed by atoms with Crippen LogP contribution in [0.1, 0.15) is 43.3 Å². The first-order valence-electron chi connectivity index (χ1n) is 10.4. The number of benzene rings is 2. The standard InChI is InChI=1S/C23H30N4O3S/c1-6-27-21-12-11-18(31(29,30)26(4)5)15-20(21)25-22(27)13-14-23(28)24-17(3)19-10-8-7-9-16(19)2/h7-12,15,17H,6,13-14H2,1-5H3,(H,24,28)/t17-/m0/s1. The average molecular weight is 443 g/mol. The van der Waals surface area contributed by atoms with Gasteiger partial charge < -0.3 is 9.88 Å². The molecule has 166 valence electrons. The zero-order valence-corrected chi connectivity index (χ0v) is 19.5. The van der Waals surface area contributed by atoms with Crippen molar-refractivity contribution in [2.24, 2.45) is 0 Å². The molecule has 0 spiro atoms. The molecular formula is C23H30N4O3S. The van der Waals surface area contributed by atoms with Crippen LogP contribution in [-0.2, 0) is 27.8 Å². The van der Waals surface area contributed by atoms with E-state index in [1.54, 1.807) is 18.2 Å². The van der Waals surface area contributed by atoms with Crippen LogP contribution in [-0.4, -0.2) is 42.3 Å². The Morgan fingerprint density at radius 1 is 1.19 bits per heavy atom. The van der Waals surface area contributed by atoms with Crippen molar-refractivity contribution in [3.63, 3.8) is 0 Å². The first kappa shape index (κ1) is 23.0. The van der Waals surface area contributed by atoms with Gasteiger partial charge in [0.05, 0.1) is 22.0 Å². The molecule has 0 fully saturated rings. The summed E-state index contributed by atoms with van der Waals surface area (Å²) in [7, 11) is -0.516. The number of rotatable bonds is 8. The van der Waals surface area contributed by atoms with E-state index in [0.717, 1.165) is 22.5 Å². The van der Waals surface area contributed by atoms with Crippen LogP contribution in [0.5, 0.6) is 0 Å². The second-order valence-electron chi connectivity index (χ2n) is 7.86. The quantitative estimate of drug-likeness (QED) is 0.579. The van der Waals surface area contributed by atoms with Crippen LogP contribution in [0.2, 0.25) is 0 Å². The van der Waals surface area contributed by atoms with Crippen LogP contribution >= 0.6 is 0 Å². The number of hydrogen-bond acceptors (Lipinski definition) is 4. The number of fused-ring (bicyclic) bond motifs is 1. The van der Waals surface area contributed by atoms with Gasteiger partial charge in [0.1, 0.15) is 5.82 Å². The Morgan fingerprint density at radius 2 is 1.90 bits per heavy atom. The zero-order chi connectivity index (χ0) is 22.8. The number of aromatic nitrogens is 2. The molecule has 3 rings (SSSR count). The average Bonchev–Trinajstić information content (AvgIpc) is 3.09. The van der Waals surface area contributed by atoms with Crippen molar-refractivity contribution in [2.75, 3.05) is 14.1 Å². The number of nitrogens with zero attached hydrogens (tertiary/aromatic N) is 3. The molecule has 0 aliphatic rings. The first-order chi connectivity index (χ1) is 14.6. The van der Waals surface area contributed by atoms with Crippen molar-refractivity contribution in [1.29, 1.82) is 0 Å². The first-order valence-corrected chi connectivity index (χ1v) is 11.9. The van der Waals surface area contributed by atoms with Crippen molar-refractivity contribution < 1.29 is 13.2 Å². The summed E-state index contributed by atoms with van der Waals surface area (Å²) >= 11 is 0. The number of amides is 1. The number of carbonyl (C=O) groups is 1. The summed E-state index contributed by atoms with van der Waals surface area (Å²) in [5.41, 5.74) is 3.73. The molecule has 0 aliphatic heterocycles. The SMILES string of the molecule is CCn1c(CCC(=O)N[C@@H](C)c2ccccc2C)nc2cc(S(=O)(=O)N(C)C)ccc21. The Hall–Kier alpha value is -2.71. The van der Waals surface area contributed by atoms with Crippen LogP contribution in [0.15, 0.2) is 47.4 Å². The van der Waals surface area contributed by atoms with Crippen LogP contribution in [0.3, 0.4) is 0 Å². The maximum Gasteiger partial charge on any atom is 0.242 e. The number of sulfonamides is 1. The van der Waals surface area contributed by atoms with E-state index in [1.807, 2.05) is 49.6 Å². The topological polar surface area (TPSA) is 84.3 Å². The van der Waals surface area contributed by atoms with Crippen LogP contribution < -0.4 is 5.32 Å². The maximum atomic E-state index is 12.6. The summed E-state index contributed by atoms with van der Waals surface area (Å²) in [6.45, 7) is 6.71. The van der Waals surface area contributed by atoms with Gasteiger partial charge >= 0.3 is 0 Å². The molecular weight excluding hydrogens is 412 g/mol. The molecule has 2 aromatic carbocycles. The molecule has 1 amide bonds. The summed E-state index contributed by atoms with van der Waals surface area (Å²) < 4.78 is 28.1. The third kappa shape index (κ3) is 4.80. The molecule has 0 saturated heterocycles. The smallest absolute Gasteiger partial charge is 0.242 e. The highest BCUT2D eigenvalue weighted by molar-refractivity contribution is 7.89. The molecule has 0 unspecified atom stereocenters. The largest absolute Gasteiger partial charge is 0.350 e. The summed E-state index contributed by atoms with van der Waals surface area (Å²) in [5, 5.41) is 3.06. The summed E-state index contributed by atoms with van der Waals surface area (Å²) in [5.74, 6) is 0.733. The Bertz CT molecular complexity index is 1200. The van der Waals surface area contributed by atoms with E-state index < -0.39 is 10.0 Å². The fourth-order valence-corrected chi connectivity index (χ4v) is 4.69. The predicted octanol–water partition coefficient (Wildman–Crippen LogP) is 3.42. The van der Waals surface area contributed by atoms with Gasteiger partial charge in [0.2, 0.25) is 15.9 Å².